The van der Waals surface area contributed by atoms with Crippen LogP contribution in [-0.4, -0.2) is 20.4 Å². The van der Waals surface area contributed by atoms with E-state index in [0.717, 1.165) is 11.3 Å². The van der Waals surface area contributed by atoms with Crippen LogP contribution in [0.2, 0.25) is 5.02 Å². The molecule has 2 heterocycles. The highest BCUT2D eigenvalue weighted by Gasteiger charge is 2.22. The predicted octanol–water partition coefficient (Wildman–Crippen LogP) is 3.51. The van der Waals surface area contributed by atoms with Gasteiger partial charge in [0.25, 0.3) is 0 Å². The SMILES string of the molecule is OCc1cn2c(n1)CN=C(c1ccccc1F)c1cc(Cl)ccc1-2. The van der Waals surface area contributed by atoms with Crippen LogP contribution in [0, 0.1) is 5.82 Å². The van der Waals surface area contributed by atoms with Crippen LogP contribution in [0.4, 0.5) is 4.39 Å². The van der Waals surface area contributed by atoms with E-state index in [4.69, 9.17) is 11.6 Å². The number of hydrogen-bond donors (Lipinski definition) is 1. The summed E-state index contributed by atoms with van der Waals surface area (Å²) in [6.45, 7) is 0.142. The van der Waals surface area contributed by atoms with Crippen molar-refractivity contribution in [3.63, 3.8) is 0 Å². The molecular formula is C18H13ClFN3O. The van der Waals surface area contributed by atoms with Gasteiger partial charge < -0.3 is 9.67 Å². The van der Waals surface area contributed by atoms with Crippen LogP contribution < -0.4 is 0 Å². The minimum absolute atomic E-state index is 0.146. The Labute approximate surface area is 142 Å². The van der Waals surface area contributed by atoms with Crippen LogP contribution in [0.3, 0.4) is 0 Å². The van der Waals surface area contributed by atoms with Gasteiger partial charge in [-0.1, -0.05) is 23.7 Å². The molecule has 0 bridgehead atoms. The van der Waals surface area contributed by atoms with Crippen LogP contribution in [0.15, 0.2) is 53.7 Å². The number of fused-ring (bicyclic) bond motifs is 3. The first-order valence-electron chi connectivity index (χ1n) is 7.45. The van der Waals surface area contributed by atoms with Gasteiger partial charge in [-0.25, -0.2) is 9.37 Å². The van der Waals surface area contributed by atoms with E-state index in [1.807, 2.05) is 10.6 Å². The summed E-state index contributed by atoms with van der Waals surface area (Å²) in [5.41, 5.74) is 3.07. The molecule has 0 spiro atoms. The van der Waals surface area contributed by atoms with Gasteiger partial charge in [0.2, 0.25) is 0 Å². The first-order valence-corrected chi connectivity index (χ1v) is 7.83. The van der Waals surface area contributed by atoms with Gasteiger partial charge in [-0.15, -0.1) is 0 Å². The molecule has 0 saturated carbocycles. The molecule has 1 N–H and O–H groups in total. The van der Waals surface area contributed by atoms with Gasteiger partial charge in [0.15, 0.2) is 0 Å². The van der Waals surface area contributed by atoms with E-state index in [2.05, 4.69) is 9.98 Å². The molecule has 1 aliphatic rings. The van der Waals surface area contributed by atoms with Crippen molar-refractivity contribution in [2.75, 3.05) is 0 Å². The van der Waals surface area contributed by atoms with Crippen molar-refractivity contribution in [3.8, 4) is 5.69 Å². The number of aliphatic imine (C=N–C) groups is 1. The molecule has 0 aliphatic carbocycles. The minimum atomic E-state index is -0.335. The quantitative estimate of drug-likeness (QED) is 0.775. The van der Waals surface area contributed by atoms with Gasteiger partial charge >= 0.3 is 0 Å². The highest BCUT2D eigenvalue weighted by atomic mass is 35.5. The second-order valence-corrected chi connectivity index (χ2v) is 5.92. The molecule has 120 valence electrons. The molecular weight excluding hydrogens is 329 g/mol. The maximum atomic E-state index is 14.3. The first kappa shape index (κ1) is 15.1. The number of benzene rings is 2. The van der Waals surface area contributed by atoms with E-state index < -0.39 is 0 Å². The zero-order chi connectivity index (χ0) is 16.7. The van der Waals surface area contributed by atoms with Gasteiger partial charge in [-0.05, 0) is 30.3 Å². The van der Waals surface area contributed by atoms with Crippen LogP contribution >= 0.6 is 11.6 Å². The van der Waals surface area contributed by atoms with Crippen molar-refractivity contribution in [2.24, 2.45) is 4.99 Å². The number of aromatic nitrogens is 2. The summed E-state index contributed by atoms with van der Waals surface area (Å²) in [7, 11) is 0. The average Bonchev–Trinajstić information content (AvgIpc) is 2.94. The van der Waals surface area contributed by atoms with Gasteiger partial charge in [0.1, 0.15) is 11.6 Å². The Morgan fingerprint density at radius 2 is 2.00 bits per heavy atom. The van der Waals surface area contributed by atoms with E-state index in [1.165, 1.54) is 6.07 Å². The second kappa shape index (κ2) is 5.85. The fraction of sp³-hybridized carbons (Fsp3) is 0.111. The maximum Gasteiger partial charge on any atom is 0.135 e. The van der Waals surface area contributed by atoms with Crippen molar-refractivity contribution >= 4 is 17.3 Å². The summed E-state index contributed by atoms with van der Waals surface area (Å²) in [5, 5.41) is 9.88. The van der Waals surface area contributed by atoms with Crippen molar-refractivity contribution in [3.05, 3.63) is 82.1 Å². The average molecular weight is 342 g/mol. The lowest BCUT2D eigenvalue weighted by Crippen LogP contribution is -2.08. The van der Waals surface area contributed by atoms with Crippen LogP contribution in [-0.2, 0) is 13.2 Å². The fourth-order valence-corrected chi connectivity index (χ4v) is 3.07. The Morgan fingerprint density at radius 3 is 2.79 bits per heavy atom. The molecule has 6 heteroatoms. The van der Waals surface area contributed by atoms with Gasteiger partial charge in [0.05, 0.1) is 30.2 Å². The summed E-state index contributed by atoms with van der Waals surface area (Å²) in [6, 6.07) is 11.9. The Bertz CT molecular complexity index is 965. The number of hydrogen-bond acceptors (Lipinski definition) is 3. The van der Waals surface area contributed by atoms with E-state index in [9.17, 15) is 9.50 Å². The molecule has 0 saturated heterocycles. The Balaban J connectivity index is 1.98. The lowest BCUT2D eigenvalue weighted by Gasteiger charge is -2.12. The third kappa shape index (κ3) is 2.42. The van der Waals surface area contributed by atoms with Crippen molar-refractivity contribution in [1.29, 1.82) is 0 Å². The molecule has 2 aromatic carbocycles. The molecule has 0 fully saturated rings. The highest BCUT2D eigenvalue weighted by molar-refractivity contribution is 6.31. The molecule has 4 nitrogen and oxygen atoms in total. The zero-order valence-corrected chi connectivity index (χ0v) is 13.3. The molecule has 0 radical (unpaired) electrons. The number of aliphatic hydroxyl groups is 1. The zero-order valence-electron chi connectivity index (χ0n) is 12.6. The number of nitrogens with zero attached hydrogens (tertiary/aromatic N) is 3. The van der Waals surface area contributed by atoms with Gasteiger partial charge in [-0.2, -0.15) is 0 Å². The number of aliphatic hydroxyl groups excluding tert-OH is 1. The third-order valence-electron chi connectivity index (χ3n) is 3.97. The molecule has 0 unspecified atom stereocenters. The molecule has 0 amide bonds. The summed E-state index contributed by atoms with van der Waals surface area (Å²) >= 11 is 6.17. The van der Waals surface area contributed by atoms with Gasteiger partial charge in [-0.3, -0.25) is 4.99 Å². The lowest BCUT2D eigenvalue weighted by atomic mass is 10.00. The maximum absolute atomic E-state index is 14.3. The van der Waals surface area contributed by atoms with E-state index in [1.54, 1.807) is 36.5 Å². The summed E-state index contributed by atoms with van der Waals surface area (Å²) in [4.78, 5) is 8.96. The van der Waals surface area contributed by atoms with Crippen LogP contribution in [0.1, 0.15) is 22.6 Å². The van der Waals surface area contributed by atoms with Crippen molar-refractivity contribution in [1.82, 2.24) is 9.55 Å². The number of rotatable bonds is 2. The standard InChI is InChI=1S/C18H13ClFN3O/c19-11-5-6-16-14(7-11)18(13-3-1-2-4-15(13)20)21-8-17-22-12(10-24)9-23(16)17/h1-7,9,24H,8,10H2. The lowest BCUT2D eigenvalue weighted by molar-refractivity contribution is 0.277. The first-order chi connectivity index (χ1) is 11.7. The molecule has 24 heavy (non-hydrogen) atoms. The Morgan fingerprint density at radius 1 is 1.17 bits per heavy atom. The normalized spacial score (nSPS) is 13.0. The molecule has 1 aromatic heterocycles. The molecule has 4 rings (SSSR count). The minimum Gasteiger partial charge on any atom is -0.390 e. The molecule has 3 aromatic rings. The Kier molecular flexibility index (Phi) is 3.67. The van der Waals surface area contributed by atoms with E-state index in [0.29, 0.717) is 27.8 Å². The molecule has 1 aliphatic heterocycles. The Hall–Kier alpha value is -2.50. The second-order valence-electron chi connectivity index (χ2n) is 5.48. The largest absolute Gasteiger partial charge is 0.390 e. The number of halogens is 2. The van der Waals surface area contributed by atoms with Crippen LogP contribution in [0.25, 0.3) is 5.69 Å². The predicted molar refractivity (Wildman–Crippen MR) is 90.2 cm³/mol. The summed E-state index contributed by atoms with van der Waals surface area (Å²) in [6.07, 6.45) is 1.77. The van der Waals surface area contributed by atoms with Crippen LogP contribution in [0.5, 0.6) is 0 Å². The number of imidazole rings is 1. The fourth-order valence-electron chi connectivity index (χ4n) is 2.89. The third-order valence-corrected chi connectivity index (χ3v) is 4.21. The highest BCUT2D eigenvalue weighted by Crippen LogP contribution is 2.28. The van der Waals surface area contributed by atoms with E-state index in [-0.39, 0.29) is 19.0 Å². The van der Waals surface area contributed by atoms with Crippen molar-refractivity contribution < 1.29 is 9.50 Å². The summed E-state index contributed by atoms with van der Waals surface area (Å²) in [5.74, 6) is 0.353. The summed E-state index contributed by atoms with van der Waals surface area (Å²) < 4.78 is 16.2. The smallest absolute Gasteiger partial charge is 0.135 e. The van der Waals surface area contributed by atoms with Crippen molar-refractivity contribution in [2.45, 2.75) is 13.2 Å². The van der Waals surface area contributed by atoms with E-state index >= 15 is 0 Å². The monoisotopic (exact) mass is 341 g/mol. The molecule has 0 atom stereocenters. The van der Waals surface area contributed by atoms with Gasteiger partial charge in [0, 0.05) is 22.3 Å². The topological polar surface area (TPSA) is 50.4 Å².